The van der Waals surface area contributed by atoms with Crippen molar-refractivity contribution in [1.29, 1.82) is 0 Å². The van der Waals surface area contributed by atoms with Gasteiger partial charge < -0.3 is 9.32 Å². The van der Waals surface area contributed by atoms with E-state index in [1.165, 1.54) is 30.4 Å². The van der Waals surface area contributed by atoms with Gasteiger partial charge in [0.25, 0.3) is 0 Å². The summed E-state index contributed by atoms with van der Waals surface area (Å²) in [6, 6.07) is 9.80. The van der Waals surface area contributed by atoms with Gasteiger partial charge in [0.1, 0.15) is 0 Å². The number of hydrogen-bond donors (Lipinski definition) is 2. The average Bonchev–Trinajstić information content (AvgIpc) is 3.17. The van der Waals surface area contributed by atoms with Gasteiger partial charge in [-0.3, -0.25) is 4.79 Å². The molecule has 0 amide bonds. The van der Waals surface area contributed by atoms with Crippen molar-refractivity contribution in [2.45, 2.75) is 37.1 Å². The third-order valence-corrected chi connectivity index (χ3v) is 6.32. The molecular formula is C19H25N2O4S+. The van der Waals surface area contributed by atoms with E-state index < -0.39 is 10.0 Å². The Balaban J connectivity index is 1.77. The standard InChI is InChI=1S/C19H24N2O4S/c1-15(22)16-7-5-8-17(13-16)26(23,24)20-14-18(19-9-6-12-25-19)21-10-3-2-4-11-21/h5-9,12-13,18,20H,2-4,10-11,14H2,1H3/p+1/t18-/m0/s1. The van der Waals surface area contributed by atoms with E-state index in [1.807, 2.05) is 12.1 Å². The summed E-state index contributed by atoms with van der Waals surface area (Å²) in [6.45, 7) is 3.70. The Hall–Kier alpha value is -1.96. The molecule has 7 heteroatoms. The first kappa shape index (κ1) is 18.8. The number of piperidine rings is 1. The summed E-state index contributed by atoms with van der Waals surface area (Å²) in [5.74, 6) is 0.635. The number of benzene rings is 1. The Labute approximate surface area is 154 Å². The third kappa shape index (κ3) is 4.41. The fourth-order valence-corrected chi connectivity index (χ4v) is 4.54. The first-order chi connectivity index (χ1) is 12.5. The fraction of sp³-hybridized carbons (Fsp3) is 0.421. The maximum absolute atomic E-state index is 12.7. The van der Waals surface area contributed by atoms with Gasteiger partial charge in [-0.1, -0.05) is 12.1 Å². The number of ketones is 1. The number of Topliss-reactive ketones (excluding diaryl/α,β-unsaturated/α-hetero) is 1. The average molecular weight is 377 g/mol. The molecule has 0 unspecified atom stereocenters. The zero-order valence-corrected chi connectivity index (χ0v) is 15.7. The van der Waals surface area contributed by atoms with Crippen LogP contribution in [0.2, 0.25) is 0 Å². The first-order valence-electron chi connectivity index (χ1n) is 8.96. The van der Waals surface area contributed by atoms with Gasteiger partial charge in [0.05, 0.1) is 30.8 Å². The van der Waals surface area contributed by atoms with Gasteiger partial charge >= 0.3 is 0 Å². The highest BCUT2D eigenvalue weighted by Crippen LogP contribution is 2.15. The lowest BCUT2D eigenvalue weighted by molar-refractivity contribution is -0.935. The quantitative estimate of drug-likeness (QED) is 0.718. The lowest BCUT2D eigenvalue weighted by Gasteiger charge is -2.30. The molecular weight excluding hydrogens is 352 g/mol. The zero-order chi connectivity index (χ0) is 18.6. The lowest BCUT2D eigenvalue weighted by atomic mass is 10.1. The van der Waals surface area contributed by atoms with E-state index in [9.17, 15) is 13.2 Å². The number of furan rings is 1. The minimum atomic E-state index is -3.70. The summed E-state index contributed by atoms with van der Waals surface area (Å²) in [5, 5.41) is 0. The number of nitrogens with one attached hydrogen (secondary N) is 2. The van der Waals surface area contributed by atoms with Crippen molar-refractivity contribution in [2.24, 2.45) is 0 Å². The predicted octanol–water partition coefficient (Wildman–Crippen LogP) is 1.57. The number of likely N-dealkylation sites (tertiary alicyclic amines) is 1. The molecule has 2 heterocycles. The van der Waals surface area contributed by atoms with Crippen LogP contribution in [0.5, 0.6) is 0 Å². The Morgan fingerprint density at radius 2 is 1.96 bits per heavy atom. The van der Waals surface area contributed by atoms with Crippen molar-refractivity contribution >= 4 is 15.8 Å². The number of carbonyl (C=O) groups excluding carboxylic acids is 1. The maximum atomic E-state index is 12.7. The van der Waals surface area contributed by atoms with Gasteiger partial charge in [-0.15, -0.1) is 0 Å². The molecule has 0 aliphatic carbocycles. The number of rotatable bonds is 7. The highest BCUT2D eigenvalue weighted by Gasteiger charge is 2.30. The number of quaternary nitrogens is 1. The topological polar surface area (TPSA) is 80.8 Å². The van der Waals surface area contributed by atoms with Crippen LogP contribution in [0.15, 0.2) is 52.0 Å². The van der Waals surface area contributed by atoms with Gasteiger partial charge in [-0.25, -0.2) is 13.1 Å². The smallest absolute Gasteiger partial charge is 0.240 e. The van der Waals surface area contributed by atoms with Crippen molar-refractivity contribution in [2.75, 3.05) is 19.6 Å². The molecule has 1 aromatic carbocycles. The van der Waals surface area contributed by atoms with Crippen LogP contribution in [0.1, 0.15) is 48.3 Å². The molecule has 26 heavy (non-hydrogen) atoms. The molecule has 3 rings (SSSR count). The highest BCUT2D eigenvalue weighted by atomic mass is 32.2. The Morgan fingerprint density at radius 3 is 2.62 bits per heavy atom. The molecule has 1 aromatic heterocycles. The minimum Gasteiger partial charge on any atom is -0.463 e. The van der Waals surface area contributed by atoms with Crippen LogP contribution >= 0.6 is 0 Å². The first-order valence-corrected chi connectivity index (χ1v) is 10.4. The van der Waals surface area contributed by atoms with Gasteiger partial charge in [-0.2, -0.15) is 0 Å². The molecule has 140 valence electrons. The van der Waals surface area contributed by atoms with Crippen LogP contribution in [0, 0.1) is 0 Å². The van der Waals surface area contributed by atoms with Gasteiger partial charge in [0.2, 0.25) is 10.0 Å². The Kier molecular flexibility index (Phi) is 5.90. The molecule has 1 aliphatic heterocycles. The Morgan fingerprint density at radius 1 is 1.19 bits per heavy atom. The van der Waals surface area contributed by atoms with E-state index in [1.54, 1.807) is 18.4 Å². The van der Waals surface area contributed by atoms with Gasteiger partial charge in [0, 0.05) is 5.56 Å². The van der Waals surface area contributed by atoms with Crippen LogP contribution in [0.4, 0.5) is 0 Å². The lowest BCUT2D eigenvalue weighted by Crippen LogP contribution is -3.13. The third-order valence-electron chi connectivity index (χ3n) is 4.90. The summed E-state index contributed by atoms with van der Waals surface area (Å²) in [5.41, 5.74) is 0.386. The van der Waals surface area contributed by atoms with Crippen LogP contribution in [-0.4, -0.2) is 33.8 Å². The largest absolute Gasteiger partial charge is 0.463 e. The molecule has 2 aromatic rings. The SMILES string of the molecule is CC(=O)c1cccc(S(=O)(=O)NC[C@@H](c2ccco2)[NH+]2CCCCC2)c1. The zero-order valence-electron chi connectivity index (χ0n) is 14.9. The minimum absolute atomic E-state index is 0.0592. The second-order valence-corrected chi connectivity index (χ2v) is 8.49. The van der Waals surface area contributed by atoms with Crippen molar-refractivity contribution in [3.8, 4) is 0 Å². The maximum Gasteiger partial charge on any atom is 0.240 e. The highest BCUT2D eigenvalue weighted by molar-refractivity contribution is 7.89. The summed E-state index contributed by atoms with van der Waals surface area (Å²) < 4.78 is 33.7. The second kappa shape index (κ2) is 8.16. The van der Waals surface area contributed by atoms with E-state index in [4.69, 9.17) is 4.42 Å². The predicted molar refractivity (Wildman–Crippen MR) is 97.6 cm³/mol. The monoisotopic (exact) mass is 377 g/mol. The van der Waals surface area contributed by atoms with Crippen LogP contribution in [0.3, 0.4) is 0 Å². The molecule has 6 nitrogen and oxygen atoms in total. The van der Waals surface area contributed by atoms with E-state index in [-0.39, 0.29) is 23.3 Å². The van der Waals surface area contributed by atoms with Crippen LogP contribution < -0.4 is 9.62 Å². The number of carbonyl (C=O) groups is 1. The normalized spacial score (nSPS) is 17.1. The summed E-state index contributed by atoms with van der Waals surface area (Å²) in [7, 11) is -3.70. The Bertz CT molecular complexity index is 840. The van der Waals surface area contributed by atoms with Gasteiger partial charge in [-0.05, 0) is 50.5 Å². The second-order valence-electron chi connectivity index (χ2n) is 6.72. The molecule has 1 saturated heterocycles. The van der Waals surface area contributed by atoms with E-state index >= 15 is 0 Å². The molecule has 1 atom stereocenters. The molecule has 0 saturated carbocycles. The number of sulfonamides is 1. The summed E-state index contributed by atoms with van der Waals surface area (Å²) in [6.07, 6.45) is 5.12. The van der Waals surface area contributed by atoms with Crippen molar-refractivity contribution < 1.29 is 22.5 Å². The molecule has 1 fully saturated rings. The van der Waals surface area contributed by atoms with E-state index in [2.05, 4.69) is 4.72 Å². The van der Waals surface area contributed by atoms with Crippen molar-refractivity contribution in [3.05, 3.63) is 54.0 Å². The van der Waals surface area contributed by atoms with E-state index in [0.29, 0.717) is 5.56 Å². The summed E-state index contributed by atoms with van der Waals surface area (Å²) >= 11 is 0. The molecule has 0 spiro atoms. The number of hydrogen-bond acceptors (Lipinski definition) is 4. The van der Waals surface area contributed by atoms with Crippen LogP contribution in [-0.2, 0) is 10.0 Å². The van der Waals surface area contributed by atoms with Crippen molar-refractivity contribution in [3.63, 3.8) is 0 Å². The molecule has 0 radical (unpaired) electrons. The van der Waals surface area contributed by atoms with Crippen molar-refractivity contribution in [1.82, 2.24) is 4.72 Å². The fourth-order valence-electron chi connectivity index (χ4n) is 3.45. The van der Waals surface area contributed by atoms with E-state index in [0.717, 1.165) is 31.7 Å². The summed E-state index contributed by atoms with van der Waals surface area (Å²) in [4.78, 5) is 13.0. The molecule has 2 N–H and O–H groups in total. The molecule has 1 aliphatic rings. The molecule has 0 bridgehead atoms. The van der Waals surface area contributed by atoms with Crippen LogP contribution in [0.25, 0.3) is 0 Å². The van der Waals surface area contributed by atoms with Gasteiger partial charge in [0.15, 0.2) is 17.6 Å².